The third-order valence-corrected chi connectivity index (χ3v) is 6.56. The Morgan fingerprint density at radius 1 is 1.09 bits per heavy atom. The Kier molecular flexibility index (Phi) is 6.52. The van der Waals surface area contributed by atoms with E-state index in [0.29, 0.717) is 28.7 Å². The van der Waals surface area contributed by atoms with E-state index in [1.807, 2.05) is 26.8 Å². The number of ether oxygens (including phenoxy) is 1. The number of aliphatic hydroxyl groups is 1. The van der Waals surface area contributed by atoms with E-state index in [2.05, 4.69) is 0 Å². The molecule has 0 saturated carbocycles. The van der Waals surface area contributed by atoms with Gasteiger partial charge in [0.1, 0.15) is 17.6 Å². The number of thiophene rings is 1. The third-order valence-electron chi connectivity index (χ3n) is 5.49. The van der Waals surface area contributed by atoms with E-state index in [4.69, 9.17) is 4.74 Å². The standard InChI is InChI=1S/C26H23F2NO4S/c1-14(2)13-33-18-7-4-16(5-8-18)23(30)21-22(25-15(3)10-11-34-25)29(26(32)24(21)31)17-6-9-19(27)20(28)12-17/h4-12,14,22,30H,13H2,1-3H3/b23-21-. The van der Waals surface area contributed by atoms with Crippen LogP contribution in [0.25, 0.3) is 5.76 Å². The first-order chi connectivity index (χ1) is 16.2. The number of halogens is 2. The number of Topliss-reactive ketones (excluding diaryl/α,β-unsaturated/α-hetero) is 1. The van der Waals surface area contributed by atoms with Crippen molar-refractivity contribution < 1.29 is 28.2 Å². The van der Waals surface area contributed by atoms with Gasteiger partial charge in [-0.2, -0.15) is 0 Å². The summed E-state index contributed by atoms with van der Waals surface area (Å²) in [5.74, 6) is -3.44. The zero-order valence-corrected chi connectivity index (χ0v) is 19.7. The van der Waals surface area contributed by atoms with Crippen molar-refractivity contribution in [2.45, 2.75) is 26.8 Å². The van der Waals surface area contributed by atoms with Crippen LogP contribution >= 0.6 is 11.3 Å². The van der Waals surface area contributed by atoms with Gasteiger partial charge in [-0.25, -0.2) is 8.78 Å². The first-order valence-corrected chi connectivity index (χ1v) is 11.6. The van der Waals surface area contributed by atoms with Crippen molar-refractivity contribution in [1.29, 1.82) is 0 Å². The van der Waals surface area contributed by atoms with Crippen molar-refractivity contribution in [3.63, 3.8) is 0 Å². The lowest BCUT2D eigenvalue weighted by Gasteiger charge is -2.25. The maximum atomic E-state index is 14.0. The zero-order valence-electron chi connectivity index (χ0n) is 18.8. The number of aryl methyl sites for hydroxylation is 1. The highest BCUT2D eigenvalue weighted by Gasteiger charge is 2.48. The number of hydrogen-bond donors (Lipinski definition) is 1. The molecule has 1 aliphatic rings. The zero-order chi connectivity index (χ0) is 24.6. The van der Waals surface area contributed by atoms with Gasteiger partial charge in [0.15, 0.2) is 11.6 Å². The van der Waals surface area contributed by atoms with Gasteiger partial charge in [0, 0.05) is 22.2 Å². The molecule has 0 bridgehead atoms. The minimum atomic E-state index is -1.14. The minimum Gasteiger partial charge on any atom is -0.507 e. The Morgan fingerprint density at radius 2 is 1.79 bits per heavy atom. The maximum absolute atomic E-state index is 14.0. The van der Waals surface area contributed by atoms with Crippen LogP contribution in [0.4, 0.5) is 14.5 Å². The average Bonchev–Trinajstić information content (AvgIpc) is 3.34. The lowest BCUT2D eigenvalue weighted by molar-refractivity contribution is -0.132. The van der Waals surface area contributed by atoms with Crippen LogP contribution in [0, 0.1) is 24.5 Å². The number of nitrogens with zero attached hydrogens (tertiary/aromatic N) is 1. The fraction of sp³-hybridized carbons (Fsp3) is 0.231. The van der Waals surface area contributed by atoms with Crippen LogP contribution in [0.2, 0.25) is 0 Å². The molecule has 1 amide bonds. The Bertz CT molecular complexity index is 1280. The predicted octanol–water partition coefficient (Wildman–Crippen LogP) is 6.00. The van der Waals surface area contributed by atoms with Crippen LogP contribution < -0.4 is 9.64 Å². The van der Waals surface area contributed by atoms with Crippen LogP contribution in [0.15, 0.2) is 59.5 Å². The van der Waals surface area contributed by atoms with Gasteiger partial charge >= 0.3 is 0 Å². The summed E-state index contributed by atoms with van der Waals surface area (Å²) in [6.07, 6.45) is 0. The van der Waals surface area contributed by atoms with E-state index in [1.165, 1.54) is 17.4 Å². The largest absolute Gasteiger partial charge is 0.507 e. The monoisotopic (exact) mass is 483 g/mol. The van der Waals surface area contributed by atoms with Gasteiger partial charge in [0.05, 0.1) is 12.2 Å². The van der Waals surface area contributed by atoms with Gasteiger partial charge in [-0.1, -0.05) is 13.8 Å². The molecular formula is C26H23F2NO4S. The lowest BCUT2D eigenvalue weighted by atomic mass is 9.98. The number of benzene rings is 2. The summed E-state index contributed by atoms with van der Waals surface area (Å²) in [5.41, 5.74) is 1.04. The van der Waals surface area contributed by atoms with E-state index in [9.17, 15) is 23.5 Å². The lowest BCUT2D eigenvalue weighted by Crippen LogP contribution is -2.29. The summed E-state index contributed by atoms with van der Waals surface area (Å²) in [4.78, 5) is 27.9. The number of carbonyl (C=O) groups excluding carboxylic acids is 2. The number of carbonyl (C=O) groups is 2. The highest BCUT2D eigenvalue weighted by atomic mass is 32.1. The van der Waals surface area contributed by atoms with Gasteiger partial charge < -0.3 is 9.84 Å². The predicted molar refractivity (Wildman–Crippen MR) is 127 cm³/mol. The van der Waals surface area contributed by atoms with Crippen molar-refractivity contribution in [2.24, 2.45) is 5.92 Å². The fourth-order valence-corrected chi connectivity index (χ4v) is 4.80. The van der Waals surface area contributed by atoms with E-state index in [1.54, 1.807) is 29.6 Å². The molecule has 8 heteroatoms. The van der Waals surface area contributed by atoms with Crippen LogP contribution in [-0.2, 0) is 9.59 Å². The second-order valence-corrected chi connectivity index (χ2v) is 9.41. The van der Waals surface area contributed by atoms with Gasteiger partial charge in [-0.15, -0.1) is 11.3 Å². The Labute approximate surface area is 199 Å². The molecular weight excluding hydrogens is 460 g/mol. The molecule has 1 unspecified atom stereocenters. The highest BCUT2D eigenvalue weighted by Crippen LogP contribution is 2.45. The molecule has 1 aliphatic heterocycles. The molecule has 5 nitrogen and oxygen atoms in total. The molecule has 2 heterocycles. The quantitative estimate of drug-likeness (QED) is 0.265. The van der Waals surface area contributed by atoms with Crippen LogP contribution in [0.1, 0.15) is 35.9 Å². The van der Waals surface area contributed by atoms with E-state index >= 15 is 0 Å². The van der Waals surface area contributed by atoms with Crippen molar-refractivity contribution in [3.05, 3.63) is 87.1 Å². The van der Waals surface area contributed by atoms with Crippen molar-refractivity contribution >= 4 is 34.5 Å². The summed E-state index contributed by atoms with van der Waals surface area (Å²) in [6, 6.07) is 10.4. The van der Waals surface area contributed by atoms with Crippen molar-refractivity contribution in [2.75, 3.05) is 11.5 Å². The van der Waals surface area contributed by atoms with E-state index in [0.717, 1.165) is 22.6 Å². The fourth-order valence-electron chi connectivity index (χ4n) is 3.77. The SMILES string of the molecule is Cc1ccsc1C1/C(=C(/O)c2ccc(OCC(C)C)cc2)C(=O)C(=O)N1c1ccc(F)c(F)c1. The topological polar surface area (TPSA) is 66.8 Å². The Hall–Kier alpha value is -3.52. The number of ketones is 1. The maximum Gasteiger partial charge on any atom is 0.300 e. The molecule has 34 heavy (non-hydrogen) atoms. The van der Waals surface area contributed by atoms with Gasteiger partial charge in [0.2, 0.25) is 0 Å². The summed E-state index contributed by atoms with van der Waals surface area (Å²) in [7, 11) is 0. The van der Waals surface area contributed by atoms with E-state index < -0.39 is 29.4 Å². The summed E-state index contributed by atoms with van der Waals surface area (Å²) in [5, 5.41) is 13.0. The number of rotatable bonds is 6. The first kappa shape index (κ1) is 23.6. The number of hydrogen-bond acceptors (Lipinski definition) is 5. The molecule has 176 valence electrons. The molecule has 0 aliphatic carbocycles. The minimum absolute atomic E-state index is 0.0234. The number of aliphatic hydroxyl groups excluding tert-OH is 1. The van der Waals surface area contributed by atoms with E-state index in [-0.39, 0.29) is 17.0 Å². The van der Waals surface area contributed by atoms with Crippen molar-refractivity contribution in [1.82, 2.24) is 0 Å². The third kappa shape index (κ3) is 4.33. The van der Waals surface area contributed by atoms with Crippen LogP contribution in [-0.4, -0.2) is 23.4 Å². The number of amides is 1. The van der Waals surface area contributed by atoms with Crippen molar-refractivity contribution in [3.8, 4) is 5.75 Å². The van der Waals surface area contributed by atoms with Crippen LogP contribution in [0.5, 0.6) is 5.75 Å². The molecule has 1 saturated heterocycles. The molecule has 0 spiro atoms. The molecule has 2 aromatic carbocycles. The molecule has 4 rings (SSSR count). The summed E-state index contributed by atoms with van der Waals surface area (Å²) in [6.45, 7) is 6.40. The molecule has 1 aromatic heterocycles. The summed E-state index contributed by atoms with van der Waals surface area (Å²) >= 11 is 1.31. The molecule has 1 fully saturated rings. The second kappa shape index (κ2) is 9.38. The average molecular weight is 484 g/mol. The normalized spacial score (nSPS) is 17.6. The molecule has 1 N–H and O–H groups in total. The van der Waals surface area contributed by atoms with Crippen LogP contribution in [0.3, 0.4) is 0 Å². The Morgan fingerprint density at radius 3 is 2.38 bits per heavy atom. The first-order valence-electron chi connectivity index (χ1n) is 10.7. The Balaban J connectivity index is 1.82. The van der Waals surface area contributed by atoms with Gasteiger partial charge in [0.25, 0.3) is 11.7 Å². The second-order valence-electron chi connectivity index (χ2n) is 8.46. The number of anilines is 1. The van der Waals surface area contributed by atoms with Gasteiger partial charge in [-0.3, -0.25) is 14.5 Å². The molecule has 1 atom stereocenters. The molecule has 3 aromatic rings. The smallest absolute Gasteiger partial charge is 0.300 e. The van der Waals surface area contributed by atoms with Gasteiger partial charge in [-0.05, 0) is 66.2 Å². The molecule has 0 radical (unpaired) electrons. The highest BCUT2D eigenvalue weighted by molar-refractivity contribution is 7.10. The summed E-state index contributed by atoms with van der Waals surface area (Å²) < 4.78 is 33.2.